The SMILES string of the molecule is CC1(C)CC2CC(C)(CN2/C=C(/C#N)C(=O)Nc2ccc(Cl)cc2)C1. The summed E-state index contributed by atoms with van der Waals surface area (Å²) < 4.78 is 0. The van der Waals surface area contributed by atoms with Crippen LogP contribution in [0.4, 0.5) is 5.69 Å². The number of nitrogens with zero attached hydrogens (tertiary/aromatic N) is 2. The molecule has 1 heterocycles. The van der Waals surface area contributed by atoms with E-state index in [9.17, 15) is 10.1 Å². The van der Waals surface area contributed by atoms with Crippen LogP contribution in [0.25, 0.3) is 0 Å². The molecule has 25 heavy (non-hydrogen) atoms. The van der Waals surface area contributed by atoms with Crippen LogP contribution in [0, 0.1) is 22.2 Å². The average Bonchev–Trinajstić information content (AvgIpc) is 2.75. The van der Waals surface area contributed by atoms with Gasteiger partial charge < -0.3 is 10.2 Å². The van der Waals surface area contributed by atoms with Crippen molar-refractivity contribution in [2.45, 2.75) is 46.1 Å². The molecule has 1 saturated heterocycles. The largest absolute Gasteiger partial charge is 0.373 e. The number of carbonyl (C=O) groups is 1. The Morgan fingerprint density at radius 1 is 1.32 bits per heavy atom. The predicted molar refractivity (Wildman–Crippen MR) is 100 cm³/mol. The summed E-state index contributed by atoms with van der Waals surface area (Å²) in [5.41, 5.74) is 1.34. The monoisotopic (exact) mass is 357 g/mol. The van der Waals surface area contributed by atoms with E-state index in [0.717, 1.165) is 19.4 Å². The van der Waals surface area contributed by atoms with Gasteiger partial charge in [0, 0.05) is 29.5 Å². The van der Waals surface area contributed by atoms with Crippen molar-refractivity contribution >= 4 is 23.2 Å². The number of likely N-dealkylation sites (tertiary alicyclic amines) is 1. The van der Waals surface area contributed by atoms with Crippen molar-refractivity contribution in [2.75, 3.05) is 11.9 Å². The minimum atomic E-state index is -0.379. The number of hydrogen-bond acceptors (Lipinski definition) is 3. The number of fused-ring (bicyclic) bond motifs is 2. The maximum Gasteiger partial charge on any atom is 0.267 e. The van der Waals surface area contributed by atoms with Gasteiger partial charge in [0.1, 0.15) is 11.6 Å². The lowest BCUT2D eigenvalue weighted by molar-refractivity contribution is -0.112. The van der Waals surface area contributed by atoms with E-state index in [4.69, 9.17) is 11.6 Å². The van der Waals surface area contributed by atoms with Crippen LogP contribution < -0.4 is 5.32 Å². The lowest BCUT2D eigenvalue weighted by Crippen LogP contribution is -2.33. The number of amides is 1. The molecule has 1 aliphatic heterocycles. The average molecular weight is 358 g/mol. The predicted octanol–water partition coefficient (Wildman–Crippen LogP) is 4.59. The molecule has 132 valence electrons. The highest BCUT2D eigenvalue weighted by Gasteiger charge is 2.48. The van der Waals surface area contributed by atoms with Gasteiger partial charge in [-0.1, -0.05) is 32.4 Å². The molecule has 1 amide bonds. The third-order valence-electron chi connectivity index (χ3n) is 5.22. The van der Waals surface area contributed by atoms with Crippen molar-refractivity contribution in [3.05, 3.63) is 41.1 Å². The third kappa shape index (κ3) is 3.99. The van der Waals surface area contributed by atoms with Crippen LogP contribution in [-0.4, -0.2) is 23.4 Å². The second kappa shape index (κ2) is 6.38. The highest BCUT2D eigenvalue weighted by molar-refractivity contribution is 6.30. The van der Waals surface area contributed by atoms with E-state index in [1.54, 1.807) is 30.5 Å². The number of nitriles is 1. The zero-order chi connectivity index (χ0) is 18.2. The Morgan fingerprint density at radius 2 is 2.00 bits per heavy atom. The molecule has 3 rings (SSSR count). The molecule has 1 aromatic rings. The van der Waals surface area contributed by atoms with E-state index in [2.05, 4.69) is 37.1 Å². The van der Waals surface area contributed by atoms with Crippen molar-refractivity contribution in [3.63, 3.8) is 0 Å². The molecule has 2 fully saturated rings. The lowest BCUT2D eigenvalue weighted by Gasteiger charge is -2.39. The minimum absolute atomic E-state index is 0.143. The summed E-state index contributed by atoms with van der Waals surface area (Å²) in [5.74, 6) is -0.379. The van der Waals surface area contributed by atoms with Gasteiger partial charge in [-0.15, -0.1) is 0 Å². The number of nitrogens with one attached hydrogen (secondary N) is 1. The molecule has 5 heteroatoms. The first-order valence-electron chi connectivity index (χ1n) is 8.64. The fourth-order valence-electron chi connectivity index (χ4n) is 4.69. The Hall–Kier alpha value is -1.99. The van der Waals surface area contributed by atoms with Gasteiger partial charge in [-0.05, 0) is 54.4 Å². The molecule has 1 aromatic carbocycles. The van der Waals surface area contributed by atoms with Crippen LogP contribution >= 0.6 is 11.6 Å². The molecule has 1 aliphatic carbocycles. The number of carbonyl (C=O) groups excluding carboxylic acids is 1. The Bertz CT molecular complexity index is 747. The molecule has 4 nitrogen and oxygen atoms in total. The van der Waals surface area contributed by atoms with Crippen LogP contribution in [0.2, 0.25) is 5.02 Å². The van der Waals surface area contributed by atoms with Crippen LogP contribution in [0.15, 0.2) is 36.0 Å². The zero-order valence-electron chi connectivity index (χ0n) is 15.0. The number of anilines is 1. The Balaban J connectivity index is 1.76. The van der Waals surface area contributed by atoms with Crippen LogP contribution in [0.3, 0.4) is 0 Å². The molecule has 0 spiro atoms. The Kier molecular flexibility index (Phi) is 4.55. The number of rotatable bonds is 3. The lowest BCUT2D eigenvalue weighted by atomic mass is 9.65. The first-order chi connectivity index (χ1) is 11.7. The topological polar surface area (TPSA) is 56.1 Å². The quantitative estimate of drug-likeness (QED) is 0.636. The highest BCUT2D eigenvalue weighted by Crippen LogP contribution is 2.52. The summed E-state index contributed by atoms with van der Waals surface area (Å²) in [7, 11) is 0. The van der Waals surface area contributed by atoms with Gasteiger partial charge in [-0.3, -0.25) is 4.79 Å². The second-order valence-electron chi connectivity index (χ2n) is 8.50. The normalized spacial score (nSPS) is 27.7. The van der Waals surface area contributed by atoms with Crippen molar-refractivity contribution in [1.29, 1.82) is 5.26 Å². The maximum atomic E-state index is 12.5. The van der Waals surface area contributed by atoms with Crippen molar-refractivity contribution in [2.24, 2.45) is 10.8 Å². The summed E-state index contributed by atoms with van der Waals surface area (Å²) in [6, 6.07) is 9.32. The standard InChI is InChI=1S/C20H24ClN3O/c1-19(2)8-17-9-20(3,12-19)13-24(17)11-14(10-22)18(25)23-16-6-4-15(21)5-7-16/h4-7,11,17H,8-9,12-13H2,1-3H3,(H,23,25)/b14-11-. The second-order valence-corrected chi connectivity index (χ2v) is 8.94. The van der Waals surface area contributed by atoms with E-state index in [1.165, 1.54) is 6.42 Å². The number of halogens is 1. The molecule has 2 unspecified atom stereocenters. The Labute approximate surface area is 154 Å². The number of benzene rings is 1. The first kappa shape index (κ1) is 17.8. The van der Waals surface area contributed by atoms with Gasteiger partial charge >= 0.3 is 0 Å². The van der Waals surface area contributed by atoms with Crippen molar-refractivity contribution in [3.8, 4) is 6.07 Å². The van der Waals surface area contributed by atoms with Crippen LogP contribution in [0.1, 0.15) is 40.0 Å². The first-order valence-corrected chi connectivity index (χ1v) is 9.02. The Morgan fingerprint density at radius 3 is 2.64 bits per heavy atom. The molecule has 2 aliphatic rings. The molecular formula is C20H24ClN3O. The van der Waals surface area contributed by atoms with Crippen molar-refractivity contribution < 1.29 is 4.79 Å². The summed E-state index contributed by atoms with van der Waals surface area (Å²) in [6.45, 7) is 7.83. The molecule has 2 atom stereocenters. The summed E-state index contributed by atoms with van der Waals surface area (Å²) >= 11 is 5.86. The van der Waals surface area contributed by atoms with Gasteiger partial charge in [0.2, 0.25) is 0 Å². The fraction of sp³-hybridized carbons (Fsp3) is 0.500. The van der Waals surface area contributed by atoms with Crippen LogP contribution in [-0.2, 0) is 4.79 Å². The van der Waals surface area contributed by atoms with Crippen molar-refractivity contribution in [1.82, 2.24) is 4.90 Å². The van der Waals surface area contributed by atoms with Gasteiger partial charge in [0.15, 0.2) is 0 Å². The van der Waals surface area contributed by atoms with E-state index in [-0.39, 0.29) is 16.9 Å². The van der Waals surface area contributed by atoms with E-state index >= 15 is 0 Å². The molecule has 1 saturated carbocycles. The van der Waals surface area contributed by atoms with E-state index in [0.29, 0.717) is 22.2 Å². The molecule has 2 bridgehead atoms. The van der Waals surface area contributed by atoms with Gasteiger partial charge in [0.25, 0.3) is 5.91 Å². The molecule has 1 N–H and O–H groups in total. The molecule has 0 aromatic heterocycles. The third-order valence-corrected chi connectivity index (χ3v) is 5.47. The molecular weight excluding hydrogens is 334 g/mol. The smallest absolute Gasteiger partial charge is 0.267 e. The highest BCUT2D eigenvalue weighted by atomic mass is 35.5. The molecule has 0 radical (unpaired) electrons. The van der Waals surface area contributed by atoms with Crippen LogP contribution in [0.5, 0.6) is 0 Å². The van der Waals surface area contributed by atoms with E-state index < -0.39 is 0 Å². The van der Waals surface area contributed by atoms with Gasteiger partial charge in [-0.2, -0.15) is 5.26 Å². The van der Waals surface area contributed by atoms with Gasteiger partial charge in [-0.25, -0.2) is 0 Å². The fourth-order valence-corrected chi connectivity index (χ4v) is 4.82. The summed E-state index contributed by atoms with van der Waals surface area (Å²) in [4.78, 5) is 14.7. The van der Waals surface area contributed by atoms with E-state index in [1.807, 2.05) is 0 Å². The number of hydrogen-bond donors (Lipinski definition) is 1. The minimum Gasteiger partial charge on any atom is -0.373 e. The maximum absolute atomic E-state index is 12.5. The summed E-state index contributed by atoms with van der Waals surface area (Å²) in [6.07, 6.45) is 5.16. The summed E-state index contributed by atoms with van der Waals surface area (Å²) in [5, 5.41) is 12.8. The zero-order valence-corrected chi connectivity index (χ0v) is 15.7. The van der Waals surface area contributed by atoms with Gasteiger partial charge in [0.05, 0.1) is 0 Å².